The normalized spacial score (nSPS) is 41.1. The molecule has 2 aliphatic carbocycles. The monoisotopic (exact) mass is 204 g/mol. The highest BCUT2D eigenvalue weighted by molar-refractivity contribution is 5.14. The summed E-state index contributed by atoms with van der Waals surface area (Å²) in [6, 6.07) is 0. The van der Waals surface area contributed by atoms with Gasteiger partial charge in [-0.15, -0.1) is 0 Å². The molecule has 0 N–H and O–H groups in total. The molecule has 3 unspecified atom stereocenters. The molecule has 0 heterocycles. The molecule has 2 rings (SSSR count). The number of hydrogen-bond donors (Lipinski definition) is 0. The summed E-state index contributed by atoms with van der Waals surface area (Å²) in [5, 5.41) is 0. The van der Waals surface area contributed by atoms with Gasteiger partial charge in [-0.25, -0.2) is 0 Å². The first kappa shape index (κ1) is 11.0. The van der Waals surface area contributed by atoms with Gasteiger partial charge in [0, 0.05) is 0 Å². The smallest absolute Gasteiger partial charge is 0.0151 e. The Balaban J connectivity index is 2.16. The third kappa shape index (κ3) is 1.91. The van der Waals surface area contributed by atoms with Crippen LogP contribution in [0.4, 0.5) is 0 Å². The molecule has 0 aromatic carbocycles. The maximum Gasteiger partial charge on any atom is -0.0151 e. The Labute approximate surface area is 94.5 Å². The summed E-state index contributed by atoms with van der Waals surface area (Å²) in [4.78, 5) is 0. The van der Waals surface area contributed by atoms with Crippen molar-refractivity contribution in [2.24, 2.45) is 17.3 Å². The molecular weight excluding hydrogens is 180 g/mol. The van der Waals surface area contributed by atoms with Crippen LogP contribution in [0.3, 0.4) is 0 Å². The van der Waals surface area contributed by atoms with Crippen molar-refractivity contribution in [3.05, 3.63) is 24.3 Å². The molecule has 0 bridgehead atoms. The molecule has 2 saturated carbocycles. The molecule has 0 nitrogen and oxygen atoms in total. The quantitative estimate of drug-likeness (QED) is 0.542. The first-order valence-corrected chi connectivity index (χ1v) is 6.36. The van der Waals surface area contributed by atoms with Crippen LogP contribution >= 0.6 is 0 Å². The third-order valence-electron chi connectivity index (χ3n) is 4.79. The summed E-state index contributed by atoms with van der Waals surface area (Å²) in [5.74, 6) is 1.58. The van der Waals surface area contributed by atoms with E-state index in [1.807, 2.05) is 0 Å². The minimum atomic E-state index is 0.539. The third-order valence-corrected chi connectivity index (χ3v) is 4.79. The number of hydrogen-bond acceptors (Lipinski definition) is 0. The van der Waals surface area contributed by atoms with Crippen molar-refractivity contribution < 1.29 is 0 Å². The van der Waals surface area contributed by atoms with E-state index in [4.69, 9.17) is 0 Å². The van der Waals surface area contributed by atoms with Crippen molar-refractivity contribution in [1.29, 1.82) is 0 Å². The Hall–Kier alpha value is -0.520. The predicted molar refractivity (Wildman–Crippen MR) is 66.7 cm³/mol. The first-order valence-electron chi connectivity index (χ1n) is 6.36. The Morgan fingerprint density at radius 3 is 2.80 bits per heavy atom. The molecule has 3 atom stereocenters. The van der Waals surface area contributed by atoms with E-state index in [1.165, 1.54) is 49.7 Å². The highest BCUT2D eigenvalue weighted by atomic mass is 14.5. The molecule has 0 aromatic heterocycles. The van der Waals surface area contributed by atoms with Crippen LogP contribution in [0.5, 0.6) is 0 Å². The summed E-state index contributed by atoms with van der Waals surface area (Å²) in [7, 11) is 0. The molecule has 15 heavy (non-hydrogen) atoms. The molecule has 84 valence electrons. The highest BCUT2D eigenvalue weighted by Gasteiger charge is 2.43. The SMILES string of the molecule is C=C(C)C1CCC2C(=C)CCCC2(C)C1. The molecule has 2 aliphatic rings. The minimum absolute atomic E-state index is 0.539. The van der Waals surface area contributed by atoms with Gasteiger partial charge in [-0.1, -0.05) is 31.2 Å². The lowest BCUT2D eigenvalue weighted by Crippen LogP contribution is -2.38. The second-order valence-electron chi connectivity index (χ2n) is 6.04. The number of fused-ring (bicyclic) bond motifs is 1. The molecule has 0 heteroatoms. The van der Waals surface area contributed by atoms with Crippen LogP contribution in [0, 0.1) is 17.3 Å². The van der Waals surface area contributed by atoms with Crippen LogP contribution in [-0.4, -0.2) is 0 Å². The van der Waals surface area contributed by atoms with Gasteiger partial charge in [-0.3, -0.25) is 0 Å². The summed E-state index contributed by atoms with van der Waals surface area (Å²) >= 11 is 0. The average Bonchev–Trinajstić information content (AvgIpc) is 2.16. The zero-order chi connectivity index (χ0) is 11.1. The van der Waals surface area contributed by atoms with Crippen molar-refractivity contribution in [3.8, 4) is 0 Å². The van der Waals surface area contributed by atoms with Crippen LogP contribution in [0.15, 0.2) is 24.3 Å². The molecule has 0 spiro atoms. The molecule has 0 aromatic rings. The van der Waals surface area contributed by atoms with Crippen molar-refractivity contribution in [2.45, 2.75) is 52.4 Å². The van der Waals surface area contributed by atoms with Gasteiger partial charge in [-0.2, -0.15) is 0 Å². The van der Waals surface area contributed by atoms with E-state index in [1.54, 1.807) is 0 Å². The zero-order valence-electron chi connectivity index (χ0n) is 10.3. The minimum Gasteiger partial charge on any atom is -0.0999 e. The van der Waals surface area contributed by atoms with Gasteiger partial charge in [0.15, 0.2) is 0 Å². The Bertz CT molecular complexity index is 286. The van der Waals surface area contributed by atoms with Gasteiger partial charge in [-0.05, 0) is 62.7 Å². The van der Waals surface area contributed by atoms with Crippen molar-refractivity contribution in [2.75, 3.05) is 0 Å². The predicted octanol–water partition coefficient (Wildman–Crippen LogP) is 4.73. The average molecular weight is 204 g/mol. The molecule has 0 radical (unpaired) electrons. The van der Waals surface area contributed by atoms with Crippen molar-refractivity contribution in [3.63, 3.8) is 0 Å². The first-order chi connectivity index (χ1) is 7.03. The highest BCUT2D eigenvalue weighted by Crippen LogP contribution is 2.54. The van der Waals surface area contributed by atoms with Gasteiger partial charge < -0.3 is 0 Å². The number of rotatable bonds is 1. The second-order valence-corrected chi connectivity index (χ2v) is 6.04. The van der Waals surface area contributed by atoms with Crippen LogP contribution in [0.2, 0.25) is 0 Å². The Morgan fingerprint density at radius 1 is 1.40 bits per heavy atom. The molecule has 0 saturated heterocycles. The fraction of sp³-hybridized carbons (Fsp3) is 0.733. The summed E-state index contributed by atoms with van der Waals surface area (Å²) in [5.41, 5.74) is 3.46. The lowest BCUT2D eigenvalue weighted by Gasteiger charge is -2.49. The molecule has 0 amide bonds. The van der Waals surface area contributed by atoms with E-state index in [2.05, 4.69) is 27.0 Å². The largest absolute Gasteiger partial charge is 0.0999 e. The topological polar surface area (TPSA) is 0 Å². The molecule has 2 fully saturated rings. The van der Waals surface area contributed by atoms with Gasteiger partial charge in [0.1, 0.15) is 0 Å². The maximum absolute atomic E-state index is 4.29. The standard InChI is InChI=1S/C15H24/c1-11(2)13-7-8-14-12(3)6-5-9-15(14,4)10-13/h13-14H,1,3,5-10H2,2,4H3. The number of allylic oxidation sites excluding steroid dienone is 2. The summed E-state index contributed by atoms with van der Waals surface area (Å²) in [6.07, 6.45) is 8.08. The van der Waals surface area contributed by atoms with E-state index in [0.717, 1.165) is 11.8 Å². The van der Waals surface area contributed by atoms with Crippen LogP contribution in [0.1, 0.15) is 52.4 Å². The van der Waals surface area contributed by atoms with E-state index in [-0.39, 0.29) is 0 Å². The van der Waals surface area contributed by atoms with Gasteiger partial charge >= 0.3 is 0 Å². The van der Waals surface area contributed by atoms with E-state index < -0.39 is 0 Å². The van der Waals surface area contributed by atoms with Gasteiger partial charge in [0.2, 0.25) is 0 Å². The summed E-state index contributed by atoms with van der Waals surface area (Å²) in [6.45, 7) is 13.1. The Morgan fingerprint density at radius 2 is 2.13 bits per heavy atom. The molecular formula is C15H24. The van der Waals surface area contributed by atoms with Gasteiger partial charge in [0.25, 0.3) is 0 Å². The van der Waals surface area contributed by atoms with E-state index in [0.29, 0.717) is 5.41 Å². The molecule has 0 aliphatic heterocycles. The van der Waals surface area contributed by atoms with Crippen molar-refractivity contribution in [1.82, 2.24) is 0 Å². The van der Waals surface area contributed by atoms with Crippen LogP contribution in [-0.2, 0) is 0 Å². The zero-order valence-corrected chi connectivity index (χ0v) is 10.3. The summed E-state index contributed by atoms with van der Waals surface area (Å²) < 4.78 is 0. The lowest BCUT2D eigenvalue weighted by atomic mass is 9.56. The van der Waals surface area contributed by atoms with E-state index in [9.17, 15) is 0 Å². The van der Waals surface area contributed by atoms with Crippen LogP contribution in [0.25, 0.3) is 0 Å². The second kappa shape index (κ2) is 3.81. The fourth-order valence-corrected chi connectivity index (χ4v) is 3.81. The fourth-order valence-electron chi connectivity index (χ4n) is 3.81. The Kier molecular flexibility index (Phi) is 2.79. The lowest BCUT2D eigenvalue weighted by molar-refractivity contribution is 0.0796. The van der Waals surface area contributed by atoms with E-state index >= 15 is 0 Å². The maximum atomic E-state index is 4.29. The van der Waals surface area contributed by atoms with Crippen molar-refractivity contribution >= 4 is 0 Å². The van der Waals surface area contributed by atoms with Gasteiger partial charge in [0.05, 0.1) is 0 Å². The van der Waals surface area contributed by atoms with Crippen LogP contribution < -0.4 is 0 Å².